The molecule has 0 saturated carbocycles. The maximum Gasteiger partial charge on any atom is 0.263 e. The SMILES string of the molecule is O=C(Cn1cnc2scc(-c3cccs3)c2c1=O)NCCCS(=O)(=O)c1ccccc1. The van der Waals surface area contributed by atoms with Crippen LogP contribution in [0.25, 0.3) is 20.7 Å². The van der Waals surface area contributed by atoms with Crippen LogP contribution in [0.4, 0.5) is 0 Å². The molecule has 4 aromatic rings. The molecule has 1 amide bonds. The van der Waals surface area contributed by atoms with E-state index in [2.05, 4.69) is 10.3 Å². The van der Waals surface area contributed by atoms with Crippen LogP contribution in [0.15, 0.2) is 69.2 Å². The summed E-state index contributed by atoms with van der Waals surface area (Å²) in [5.74, 6) is -0.433. The van der Waals surface area contributed by atoms with Gasteiger partial charge in [-0.15, -0.1) is 22.7 Å². The fraction of sp³-hybridized carbons (Fsp3) is 0.190. The van der Waals surface area contributed by atoms with Gasteiger partial charge in [0.15, 0.2) is 9.84 Å². The van der Waals surface area contributed by atoms with Crippen molar-refractivity contribution in [1.29, 1.82) is 0 Å². The normalized spacial score (nSPS) is 11.6. The number of hydrogen-bond donors (Lipinski definition) is 1. The van der Waals surface area contributed by atoms with E-state index in [4.69, 9.17) is 0 Å². The molecule has 3 aromatic heterocycles. The molecule has 160 valence electrons. The van der Waals surface area contributed by atoms with Crippen molar-refractivity contribution in [3.05, 3.63) is 69.9 Å². The first-order valence-electron chi connectivity index (χ1n) is 9.51. The van der Waals surface area contributed by atoms with E-state index >= 15 is 0 Å². The first-order valence-corrected chi connectivity index (χ1v) is 12.9. The Morgan fingerprint density at radius 3 is 2.65 bits per heavy atom. The van der Waals surface area contributed by atoms with Crippen molar-refractivity contribution in [1.82, 2.24) is 14.9 Å². The van der Waals surface area contributed by atoms with Crippen molar-refractivity contribution >= 4 is 48.6 Å². The van der Waals surface area contributed by atoms with Gasteiger partial charge >= 0.3 is 0 Å². The summed E-state index contributed by atoms with van der Waals surface area (Å²) in [6, 6.07) is 12.1. The highest BCUT2D eigenvalue weighted by Gasteiger charge is 2.16. The minimum absolute atomic E-state index is 0.0656. The van der Waals surface area contributed by atoms with E-state index in [1.54, 1.807) is 41.7 Å². The average Bonchev–Trinajstić information content (AvgIpc) is 3.44. The quantitative estimate of drug-likeness (QED) is 0.397. The number of carbonyl (C=O) groups excluding carboxylic acids is 1. The van der Waals surface area contributed by atoms with Crippen molar-refractivity contribution in [2.75, 3.05) is 12.3 Å². The topological polar surface area (TPSA) is 98.1 Å². The average molecular weight is 474 g/mol. The molecule has 0 radical (unpaired) electrons. The summed E-state index contributed by atoms with van der Waals surface area (Å²) in [4.78, 5) is 31.4. The summed E-state index contributed by atoms with van der Waals surface area (Å²) in [7, 11) is -3.38. The van der Waals surface area contributed by atoms with Gasteiger partial charge in [0, 0.05) is 22.4 Å². The first-order chi connectivity index (χ1) is 15.0. The van der Waals surface area contributed by atoms with Crippen LogP contribution < -0.4 is 10.9 Å². The number of benzene rings is 1. The van der Waals surface area contributed by atoms with Crippen molar-refractivity contribution in [3.8, 4) is 10.4 Å². The molecule has 3 heterocycles. The Morgan fingerprint density at radius 1 is 1.10 bits per heavy atom. The molecule has 1 N–H and O–H groups in total. The Labute approximate surface area is 186 Å². The van der Waals surface area contributed by atoms with Crippen LogP contribution >= 0.6 is 22.7 Å². The Hall–Kier alpha value is -2.82. The fourth-order valence-electron chi connectivity index (χ4n) is 3.14. The number of hydrogen-bond acceptors (Lipinski definition) is 7. The molecule has 0 aliphatic carbocycles. The molecular formula is C21H19N3O4S3. The lowest BCUT2D eigenvalue weighted by molar-refractivity contribution is -0.121. The van der Waals surface area contributed by atoms with Crippen LogP contribution in [0, 0.1) is 0 Å². The maximum absolute atomic E-state index is 12.9. The van der Waals surface area contributed by atoms with Crippen molar-refractivity contribution in [3.63, 3.8) is 0 Å². The van der Waals surface area contributed by atoms with Gasteiger partial charge in [-0.1, -0.05) is 24.3 Å². The molecular weight excluding hydrogens is 454 g/mol. The molecule has 0 aliphatic heterocycles. The third-order valence-corrected chi connectivity index (χ3v) is 8.28. The number of amides is 1. The van der Waals surface area contributed by atoms with Gasteiger partial charge in [-0.25, -0.2) is 13.4 Å². The van der Waals surface area contributed by atoms with Gasteiger partial charge in [-0.05, 0) is 30.0 Å². The number of thiophene rings is 2. The second-order valence-electron chi connectivity index (χ2n) is 6.82. The van der Waals surface area contributed by atoms with Crippen LogP contribution in [-0.4, -0.2) is 36.2 Å². The van der Waals surface area contributed by atoms with Gasteiger partial charge in [0.25, 0.3) is 5.56 Å². The van der Waals surface area contributed by atoms with Gasteiger partial charge in [-0.3, -0.25) is 14.2 Å². The number of aromatic nitrogens is 2. The third-order valence-electron chi connectivity index (χ3n) is 4.68. The van der Waals surface area contributed by atoms with Crippen LogP contribution in [0.1, 0.15) is 6.42 Å². The second kappa shape index (κ2) is 9.13. The van der Waals surface area contributed by atoms with Gasteiger partial charge < -0.3 is 5.32 Å². The molecule has 0 fully saturated rings. The molecule has 0 saturated heterocycles. The lowest BCUT2D eigenvalue weighted by Crippen LogP contribution is -2.33. The molecule has 1 aromatic carbocycles. The van der Waals surface area contributed by atoms with Crippen molar-refractivity contribution in [2.45, 2.75) is 17.9 Å². The Balaban J connectivity index is 1.38. The molecule has 0 atom stereocenters. The van der Waals surface area contributed by atoms with E-state index in [0.29, 0.717) is 10.2 Å². The highest BCUT2D eigenvalue weighted by molar-refractivity contribution is 7.91. The van der Waals surface area contributed by atoms with Gasteiger partial charge in [-0.2, -0.15) is 0 Å². The smallest absolute Gasteiger partial charge is 0.263 e. The number of nitrogens with one attached hydrogen (secondary N) is 1. The monoisotopic (exact) mass is 473 g/mol. The summed E-state index contributed by atoms with van der Waals surface area (Å²) in [6.07, 6.45) is 1.65. The molecule has 10 heteroatoms. The van der Waals surface area contributed by atoms with Gasteiger partial charge in [0.2, 0.25) is 5.91 Å². The minimum Gasteiger partial charge on any atom is -0.355 e. The largest absolute Gasteiger partial charge is 0.355 e. The molecule has 7 nitrogen and oxygen atoms in total. The molecule has 0 spiro atoms. The Morgan fingerprint density at radius 2 is 1.90 bits per heavy atom. The minimum atomic E-state index is -3.38. The maximum atomic E-state index is 12.9. The number of sulfone groups is 1. The zero-order valence-electron chi connectivity index (χ0n) is 16.4. The van der Waals surface area contributed by atoms with Gasteiger partial charge in [0.1, 0.15) is 11.4 Å². The first kappa shape index (κ1) is 21.4. The molecule has 0 aliphatic rings. The standard InChI is InChI=1S/C21H19N3O4S3/c25-18(22-9-5-11-31(27,28)15-6-2-1-3-7-15)12-24-14-23-20-19(21(24)26)16(13-30-20)17-8-4-10-29-17/h1-4,6-8,10,13-14H,5,9,11-12H2,(H,22,25). The number of nitrogens with zero attached hydrogens (tertiary/aromatic N) is 2. The number of fused-ring (bicyclic) bond motifs is 1. The Kier molecular flexibility index (Phi) is 6.30. The summed E-state index contributed by atoms with van der Waals surface area (Å²) >= 11 is 2.94. The van der Waals surface area contributed by atoms with E-state index in [1.165, 1.54) is 22.2 Å². The summed E-state index contributed by atoms with van der Waals surface area (Å²) < 4.78 is 25.8. The fourth-order valence-corrected chi connectivity index (χ4v) is 6.19. The highest BCUT2D eigenvalue weighted by Crippen LogP contribution is 2.33. The van der Waals surface area contributed by atoms with Crippen LogP contribution in [0.3, 0.4) is 0 Å². The lowest BCUT2D eigenvalue weighted by atomic mass is 10.2. The van der Waals surface area contributed by atoms with E-state index in [1.807, 2.05) is 22.9 Å². The zero-order valence-corrected chi connectivity index (χ0v) is 18.8. The molecule has 4 rings (SSSR count). The van der Waals surface area contributed by atoms with Crippen LogP contribution in [0.5, 0.6) is 0 Å². The third kappa shape index (κ3) is 4.76. The van der Waals surface area contributed by atoms with E-state index in [0.717, 1.165) is 10.4 Å². The molecule has 0 bridgehead atoms. The number of rotatable bonds is 8. The van der Waals surface area contributed by atoms with Gasteiger partial charge in [0.05, 0.1) is 22.4 Å². The summed E-state index contributed by atoms with van der Waals surface area (Å²) in [5.41, 5.74) is 0.560. The van der Waals surface area contributed by atoms with E-state index < -0.39 is 9.84 Å². The second-order valence-corrected chi connectivity index (χ2v) is 10.7. The molecule has 31 heavy (non-hydrogen) atoms. The number of carbonyl (C=O) groups is 1. The predicted octanol–water partition coefficient (Wildman–Crippen LogP) is 3.17. The highest BCUT2D eigenvalue weighted by atomic mass is 32.2. The van der Waals surface area contributed by atoms with Crippen molar-refractivity contribution < 1.29 is 13.2 Å². The van der Waals surface area contributed by atoms with E-state index in [-0.39, 0.29) is 41.6 Å². The van der Waals surface area contributed by atoms with Crippen LogP contribution in [-0.2, 0) is 21.2 Å². The van der Waals surface area contributed by atoms with Crippen LogP contribution in [0.2, 0.25) is 0 Å². The lowest BCUT2D eigenvalue weighted by Gasteiger charge is -2.08. The van der Waals surface area contributed by atoms with Crippen molar-refractivity contribution in [2.24, 2.45) is 0 Å². The van der Waals surface area contributed by atoms with E-state index in [9.17, 15) is 18.0 Å². The summed E-state index contributed by atoms with van der Waals surface area (Å²) in [5, 5.41) is 7.04. The summed E-state index contributed by atoms with van der Waals surface area (Å²) in [6.45, 7) is 0.0289. The predicted molar refractivity (Wildman–Crippen MR) is 123 cm³/mol. The Bertz CT molecular complexity index is 1360. The zero-order chi connectivity index (χ0) is 21.8. The molecule has 0 unspecified atom stereocenters.